The van der Waals surface area contributed by atoms with Gasteiger partial charge in [-0.3, -0.25) is 4.90 Å². The summed E-state index contributed by atoms with van der Waals surface area (Å²) >= 11 is 0. The summed E-state index contributed by atoms with van der Waals surface area (Å²) in [4.78, 5) is 16.7. The van der Waals surface area contributed by atoms with Crippen molar-refractivity contribution in [3.8, 4) is 5.75 Å². The molecular weight excluding hydrogens is 420 g/mol. The van der Waals surface area contributed by atoms with E-state index in [0.29, 0.717) is 26.3 Å². The second-order valence-electron chi connectivity index (χ2n) is 9.30. The van der Waals surface area contributed by atoms with Gasteiger partial charge in [0, 0.05) is 37.3 Å². The van der Waals surface area contributed by atoms with Gasteiger partial charge in [0.05, 0.1) is 25.9 Å². The van der Waals surface area contributed by atoms with Crippen LogP contribution >= 0.6 is 0 Å². The fourth-order valence-electron chi connectivity index (χ4n) is 4.76. The molecule has 2 saturated heterocycles. The molecule has 2 fully saturated rings. The second-order valence-corrected chi connectivity index (χ2v) is 9.30. The second kappa shape index (κ2) is 9.33. The molecule has 2 aliphatic heterocycles. The van der Waals surface area contributed by atoms with Gasteiger partial charge in [-0.05, 0) is 56.5 Å². The average molecular weight is 455 g/mol. The third-order valence-electron chi connectivity index (χ3n) is 6.76. The van der Waals surface area contributed by atoms with E-state index < -0.39 is 11.4 Å². The van der Waals surface area contributed by atoms with E-state index >= 15 is 0 Å². The van der Waals surface area contributed by atoms with Crippen molar-refractivity contribution >= 4 is 11.7 Å². The molecule has 2 amide bonds. The van der Waals surface area contributed by atoms with Gasteiger partial charge < -0.3 is 24.2 Å². The molecule has 0 unspecified atom stereocenters. The van der Waals surface area contributed by atoms with Crippen LogP contribution in [-0.4, -0.2) is 56.5 Å². The van der Waals surface area contributed by atoms with Gasteiger partial charge in [-0.1, -0.05) is 24.3 Å². The summed E-state index contributed by atoms with van der Waals surface area (Å²) < 4.78 is 17.6. The van der Waals surface area contributed by atoms with Crippen LogP contribution in [0.1, 0.15) is 37.8 Å². The Kier molecular flexibility index (Phi) is 6.66. The number of hydrogen-bond donors (Lipinski definition) is 1. The average Bonchev–Trinajstić information content (AvgIpc) is 3.34. The number of ether oxygens (including phenoxy) is 3. The van der Waals surface area contributed by atoms with E-state index in [4.69, 9.17) is 14.2 Å². The lowest BCUT2D eigenvalue weighted by Gasteiger charge is -2.42. The van der Waals surface area contributed by atoms with Crippen molar-refractivity contribution < 1.29 is 24.1 Å². The molecule has 1 N–H and O–H groups in total. The summed E-state index contributed by atoms with van der Waals surface area (Å²) in [5.74, 6) is 0.107. The maximum Gasteiger partial charge on any atom is 0.324 e. The number of carbonyl (C=O) groups is 1. The van der Waals surface area contributed by atoms with E-state index in [1.54, 1.807) is 32.9 Å². The Bertz CT molecular complexity index is 938. The van der Waals surface area contributed by atoms with Gasteiger partial charge in [0.25, 0.3) is 0 Å². The predicted octanol–water partition coefficient (Wildman–Crippen LogP) is 4.09. The smallest absolute Gasteiger partial charge is 0.324 e. The fraction of sp³-hybridized carbons (Fsp3) is 0.500. The molecule has 33 heavy (non-hydrogen) atoms. The number of anilines is 1. The van der Waals surface area contributed by atoms with E-state index in [9.17, 15) is 9.90 Å². The zero-order chi connectivity index (χ0) is 23.6. The highest BCUT2D eigenvalue weighted by Gasteiger charge is 2.47. The Morgan fingerprint density at radius 3 is 2.15 bits per heavy atom. The van der Waals surface area contributed by atoms with Crippen LogP contribution in [0, 0.1) is 5.92 Å². The van der Waals surface area contributed by atoms with Crippen molar-refractivity contribution in [3.63, 3.8) is 0 Å². The Morgan fingerprint density at radius 2 is 1.64 bits per heavy atom. The Hall–Kier alpha value is -2.61. The number of aliphatic hydroxyl groups is 1. The van der Waals surface area contributed by atoms with Gasteiger partial charge in [0.1, 0.15) is 5.75 Å². The molecule has 2 aromatic rings. The van der Waals surface area contributed by atoms with Crippen LogP contribution in [-0.2, 0) is 20.9 Å². The van der Waals surface area contributed by atoms with Crippen molar-refractivity contribution in [3.05, 3.63) is 59.7 Å². The van der Waals surface area contributed by atoms with E-state index in [0.717, 1.165) is 35.4 Å². The highest BCUT2D eigenvalue weighted by molar-refractivity contribution is 5.91. The molecular formula is C26H34N2O5. The molecule has 2 heterocycles. The first-order valence-electron chi connectivity index (χ1n) is 11.5. The molecule has 0 spiro atoms. The lowest BCUT2D eigenvalue weighted by atomic mass is 9.83. The third kappa shape index (κ3) is 4.71. The van der Waals surface area contributed by atoms with Crippen molar-refractivity contribution in [2.75, 3.05) is 45.4 Å². The first-order valence-corrected chi connectivity index (χ1v) is 11.5. The van der Waals surface area contributed by atoms with Crippen LogP contribution in [0.25, 0.3) is 0 Å². The number of nitrogens with zero attached hydrogens (tertiary/aromatic N) is 2. The van der Waals surface area contributed by atoms with Crippen LogP contribution in [0.4, 0.5) is 10.5 Å². The molecule has 0 bridgehead atoms. The molecule has 7 heteroatoms. The maximum atomic E-state index is 13.1. The standard InChI is InChI=1S/C26H34N2O5/c1-25(2,30)19-5-7-20(8-6-19)26(32-17-18-33-26)21-13-15-28(16-14-21)24(29)27(3)22-9-11-23(31-4)12-10-22/h5-12,21,30H,13-18H2,1-4H3. The van der Waals surface area contributed by atoms with Gasteiger partial charge in [0.15, 0.2) is 5.79 Å². The van der Waals surface area contributed by atoms with Crippen LogP contribution in [0.2, 0.25) is 0 Å². The Labute approximate surface area is 195 Å². The topological polar surface area (TPSA) is 71.5 Å². The normalized spacial score (nSPS) is 18.9. The largest absolute Gasteiger partial charge is 0.497 e. The lowest BCUT2D eigenvalue weighted by molar-refractivity contribution is -0.213. The maximum absolute atomic E-state index is 13.1. The highest BCUT2D eigenvalue weighted by atomic mass is 16.7. The summed E-state index contributed by atoms with van der Waals surface area (Å²) in [6.07, 6.45) is 1.57. The molecule has 4 rings (SSSR count). The lowest BCUT2D eigenvalue weighted by Crippen LogP contribution is -2.49. The molecule has 178 valence electrons. The Morgan fingerprint density at radius 1 is 1.06 bits per heavy atom. The summed E-state index contributed by atoms with van der Waals surface area (Å²) in [6.45, 7) is 5.92. The number of urea groups is 1. The molecule has 7 nitrogen and oxygen atoms in total. The first kappa shape index (κ1) is 23.5. The van der Waals surface area contributed by atoms with E-state index in [-0.39, 0.29) is 11.9 Å². The quantitative estimate of drug-likeness (QED) is 0.737. The monoisotopic (exact) mass is 454 g/mol. The summed E-state index contributed by atoms with van der Waals surface area (Å²) in [5, 5.41) is 10.3. The molecule has 0 saturated carbocycles. The van der Waals surface area contributed by atoms with Gasteiger partial charge in [-0.25, -0.2) is 4.79 Å². The van der Waals surface area contributed by atoms with E-state index in [1.165, 1.54) is 0 Å². The minimum Gasteiger partial charge on any atom is -0.497 e. The minimum atomic E-state index is -0.898. The zero-order valence-corrected chi connectivity index (χ0v) is 19.9. The Balaban J connectivity index is 1.44. The van der Waals surface area contributed by atoms with Crippen LogP contribution < -0.4 is 9.64 Å². The van der Waals surface area contributed by atoms with Crippen molar-refractivity contribution in [1.82, 2.24) is 4.90 Å². The van der Waals surface area contributed by atoms with Crippen molar-refractivity contribution in [2.45, 2.75) is 38.1 Å². The summed E-state index contributed by atoms with van der Waals surface area (Å²) in [7, 11) is 3.42. The van der Waals surface area contributed by atoms with Gasteiger partial charge in [-0.2, -0.15) is 0 Å². The number of benzene rings is 2. The molecule has 0 aromatic heterocycles. The van der Waals surface area contributed by atoms with Crippen molar-refractivity contribution in [1.29, 1.82) is 0 Å². The number of piperidine rings is 1. The van der Waals surface area contributed by atoms with Crippen LogP contribution in [0.5, 0.6) is 5.75 Å². The summed E-state index contributed by atoms with van der Waals surface area (Å²) in [6, 6.07) is 15.3. The zero-order valence-electron chi connectivity index (χ0n) is 19.9. The third-order valence-corrected chi connectivity index (χ3v) is 6.76. The highest BCUT2D eigenvalue weighted by Crippen LogP contribution is 2.44. The number of likely N-dealkylation sites (tertiary alicyclic amines) is 1. The number of rotatable bonds is 5. The van der Waals surface area contributed by atoms with Crippen LogP contribution in [0.3, 0.4) is 0 Å². The van der Waals surface area contributed by atoms with E-state index in [2.05, 4.69) is 0 Å². The number of methoxy groups -OCH3 is 1. The van der Waals surface area contributed by atoms with E-state index in [1.807, 2.05) is 53.4 Å². The molecule has 0 atom stereocenters. The molecule has 2 aromatic carbocycles. The molecule has 0 aliphatic carbocycles. The van der Waals surface area contributed by atoms with Gasteiger partial charge in [0.2, 0.25) is 0 Å². The SMILES string of the molecule is COc1ccc(N(C)C(=O)N2CCC(C3(c4ccc(C(C)(C)O)cc4)OCCO3)CC2)cc1. The number of amides is 2. The molecule has 2 aliphatic rings. The van der Waals surface area contributed by atoms with Crippen molar-refractivity contribution in [2.24, 2.45) is 5.92 Å². The summed E-state index contributed by atoms with van der Waals surface area (Å²) in [5.41, 5.74) is 1.74. The van der Waals surface area contributed by atoms with Gasteiger partial charge >= 0.3 is 6.03 Å². The van der Waals surface area contributed by atoms with Crippen LogP contribution in [0.15, 0.2) is 48.5 Å². The fourth-order valence-corrected chi connectivity index (χ4v) is 4.76. The molecule has 0 radical (unpaired) electrons. The van der Waals surface area contributed by atoms with Gasteiger partial charge in [-0.15, -0.1) is 0 Å². The first-order chi connectivity index (χ1) is 15.7. The predicted molar refractivity (Wildman–Crippen MR) is 126 cm³/mol. The number of carbonyl (C=O) groups excluding carboxylic acids is 1. The minimum absolute atomic E-state index is 0.0181. The number of hydrogen-bond acceptors (Lipinski definition) is 5.